The smallest absolute Gasteiger partial charge is 0.224 e. The predicted molar refractivity (Wildman–Crippen MR) is 105 cm³/mol. The first-order chi connectivity index (χ1) is 12.8. The van der Waals surface area contributed by atoms with E-state index in [1.165, 1.54) is 24.1 Å². The van der Waals surface area contributed by atoms with E-state index in [1.807, 2.05) is 36.4 Å². The van der Waals surface area contributed by atoms with E-state index in [0.717, 1.165) is 29.6 Å². The molecule has 3 aromatic rings. The number of hydrogen-bond acceptors (Lipinski definition) is 3. The van der Waals surface area contributed by atoms with Crippen molar-refractivity contribution in [3.8, 4) is 0 Å². The Morgan fingerprint density at radius 3 is 2.62 bits per heavy atom. The van der Waals surface area contributed by atoms with E-state index in [0.29, 0.717) is 13.0 Å². The van der Waals surface area contributed by atoms with Gasteiger partial charge < -0.3 is 10.2 Å². The normalized spacial score (nSPS) is 13.9. The van der Waals surface area contributed by atoms with Gasteiger partial charge in [-0.15, -0.1) is 0 Å². The van der Waals surface area contributed by atoms with Crippen molar-refractivity contribution in [2.45, 2.75) is 25.8 Å². The average Bonchev–Trinajstić information content (AvgIpc) is 3.21. The fraction of sp³-hybridized carbons (Fsp3) is 0.273. The summed E-state index contributed by atoms with van der Waals surface area (Å²) in [4.78, 5) is 19.4. The second-order valence-electron chi connectivity index (χ2n) is 6.77. The van der Waals surface area contributed by atoms with Crippen LogP contribution in [-0.2, 0) is 17.8 Å². The van der Waals surface area contributed by atoms with E-state index in [1.54, 1.807) is 6.20 Å². The molecule has 4 rings (SSSR count). The third kappa shape index (κ3) is 3.54. The summed E-state index contributed by atoms with van der Waals surface area (Å²) in [6, 6.07) is 18.3. The van der Waals surface area contributed by atoms with E-state index in [9.17, 15) is 4.79 Å². The Kier molecular flexibility index (Phi) is 4.82. The quantitative estimate of drug-likeness (QED) is 0.767. The zero-order valence-electron chi connectivity index (χ0n) is 14.8. The van der Waals surface area contributed by atoms with Gasteiger partial charge in [-0.05, 0) is 36.1 Å². The van der Waals surface area contributed by atoms with Gasteiger partial charge in [-0.2, -0.15) is 0 Å². The van der Waals surface area contributed by atoms with Gasteiger partial charge in [-0.3, -0.25) is 9.78 Å². The Morgan fingerprint density at radius 2 is 1.73 bits per heavy atom. The van der Waals surface area contributed by atoms with Crippen molar-refractivity contribution in [1.29, 1.82) is 0 Å². The third-order valence-corrected chi connectivity index (χ3v) is 4.98. The van der Waals surface area contributed by atoms with E-state index in [-0.39, 0.29) is 5.91 Å². The molecule has 2 aromatic carbocycles. The van der Waals surface area contributed by atoms with Crippen molar-refractivity contribution in [2.75, 3.05) is 18.0 Å². The van der Waals surface area contributed by atoms with Gasteiger partial charge in [0.15, 0.2) is 0 Å². The minimum absolute atomic E-state index is 0.0272. The van der Waals surface area contributed by atoms with Crippen LogP contribution >= 0.6 is 0 Å². The standard InChI is InChI=1S/C22H23N3O/c26-21(15-18-9-5-8-17-10-6-12-23-22(17)18)24-16-19-7-1-2-11-20(19)25-13-3-4-14-25/h1-2,5-12H,3-4,13-16H2,(H,24,26). The molecule has 0 unspecified atom stereocenters. The van der Waals surface area contributed by atoms with Crippen LogP contribution in [0.2, 0.25) is 0 Å². The predicted octanol–water partition coefficient (Wildman–Crippen LogP) is 3.69. The van der Waals surface area contributed by atoms with Gasteiger partial charge in [-0.25, -0.2) is 0 Å². The molecule has 0 radical (unpaired) electrons. The summed E-state index contributed by atoms with van der Waals surface area (Å²) in [5, 5.41) is 4.15. The summed E-state index contributed by atoms with van der Waals surface area (Å²) in [5.74, 6) is 0.0272. The van der Waals surface area contributed by atoms with Gasteiger partial charge in [-0.1, -0.05) is 42.5 Å². The number of fused-ring (bicyclic) bond motifs is 1. The highest BCUT2D eigenvalue weighted by atomic mass is 16.1. The fourth-order valence-corrected chi connectivity index (χ4v) is 3.67. The minimum atomic E-state index is 0.0272. The van der Waals surface area contributed by atoms with Gasteiger partial charge in [0.2, 0.25) is 5.91 Å². The molecule has 0 saturated carbocycles. The molecule has 4 heteroatoms. The van der Waals surface area contributed by atoms with E-state index in [2.05, 4.69) is 33.4 Å². The number of hydrogen-bond donors (Lipinski definition) is 1. The number of nitrogens with zero attached hydrogens (tertiary/aromatic N) is 2. The maximum Gasteiger partial charge on any atom is 0.224 e. The summed E-state index contributed by atoms with van der Waals surface area (Å²) in [7, 11) is 0. The van der Waals surface area contributed by atoms with Gasteiger partial charge in [0.05, 0.1) is 11.9 Å². The second kappa shape index (κ2) is 7.56. The van der Waals surface area contributed by atoms with Crippen LogP contribution in [0.5, 0.6) is 0 Å². The van der Waals surface area contributed by atoms with Crippen LogP contribution in [0.1, 0.15) is 24.0 Å². The van der Waals surface area contributed by atoms with Crippen molar-refractivity contribution in [2.24, 2.45) is 0 Å². The van der Waals surface area contributed by atoms with Gasteiger partial charge in [0.25, 0.3) is 0 Å². The van der Waals surface area contributed by atoms with Crippen molar-refractivity contribution >= 4 is 22.5 Å². The van der Waals surface area contributed by atoms with Crippen molar-refractivity contribution < 1.29 is 4.79 Å². The Balaban J connectivity index is 1.45. The lowest BCUT2D eigenvalue weighted by molar-refractivity contribution is -0.120. The monoisotopic (exact) mass is 345 g/mol. The van der Waals surface area contributed by atoms with Crippen molar-refractivity contribution in [3.05, 3.63) is 71.9 Å². The summed E-state index contributed by atoms with van der Waals surface area (Å²) in [6.45, 7) is 2.77. The van der Waals surface area contributed by atoms with Gasteiger partial charge in [0, 0.05) is 36.9 Å². The van der Waals surface area contributed by atoms with Crippen LogP contribution in [0.15, 0.2) is 60.8 Å². The molecule has 0 aliphatic carbocycles. The van der Waals surface area contributed by atoms with E-state index in [4.69, 9.17) is 0 Å². The number of benzene rings is 2. The molecule has 1 amide bonds. The number of anilines is 1. The zero-order valence-corrected chi connectivity index (χ0v) is 14.8. The topological polar surface area (TPSA) is 45.2 Å². The number of nitrogens with one attached hydrogen (secondary N) is 1. The first-order valence-corrected chi connectivity index (χ1v) is 9.23. The highest BCUT2D eigenvalue weighted by Gasteiger charge is 2.15. The minimum Gasteiger partial charge on any atom is -0.371 e. The van der Waals surface area contributed by atoms with Crippen LogP contribution in [0.25, 0.3) is 10.9 Å². The Morgan fingerprint density at radius 1 is 0.962 bits per heavy atom. The summed E-state index contributed by atoms with van der Waals surface area (Å²) >= 11 is 0. The van der Waals surface area contributed by atoms with Crippen LogP contribution in [0.3, 0.4) is 0 Å². The highest BCUT2D eigenvalue weighted by Crippen LogP contribution is 2.24. The SMILES string of the molecule is O=C(Cc1cccc2cccnc12)NCc1ccccc1N1CCCC1. The number of carbonyl (C=O) groups is 1. The highest BCUT2D eigenvalue weighted by molar-refractivity contribution is 5.87. The lowest BCUT2D eigenvalue weighted by atomic mass is 10.1. The summed E-state index contributed by atoms with van der Waals surface area (Å²) in [6.07, 6.45) is 4.61. The molecular weight excluding hydrogens is 322 g/mol. The number of amides is 1. The molecule has 2 heterocycles. The number of para-hydroxylation sites is 2. The molecule has 4 nitrogen and oxygen atoms in total. The largest absolute Gasteiger partial charge is 0.371 e. The molecule has 1 aromatic heterocycles. The van der Waals surface area contributed by atoms with Crippen LogP contribution < -0.4 is 10.2 Å². The lowest BCUT2D eigenvalue weighted by Crippen LogP contribution is -2.26. The number of pyridine rings is 1. The van der Waals surface area contributed by atoms with Crippen molar-refractivity contribution in [1.82, 2.24) is 10.3 Å². The number of rotatable bonds is 5. The molecule has 132 valence electrons. The molecule has 1 saturated heterocycles. The Bertz CT molecular complexity index is 911. The average molecular weight is 345 g/mol. The molecule has 1 aliphatic rings. The number of aromatic nitrogens is 1. The molecule has 1 N–H and O–H groups in total. The third-order valence-electron chi connectivity index (χ3n) is 4.98. The first-order valence-electron chi connectivity index (χ1n) is 9.23. The van der Waals surface area contributed by atoms with Crippen molar-refractivity contribution in [3.63, 3.8) is 0 Å². The van der Waals surface area contributed by atoms with E-state index < -0.39 is 0 Å². The Labute approximate surface area is 153 Å². The maximum absolute atomic E-state index is 12.5. The second-order valence-corrected chi connectivity index (χ2v) is 6.77. The Hall–Kier alpha value is -2.88. The molecular formula is C22H23N3O. The maximum atomic E-state index is 12.5. The molecule has 26 heavy (non-hydrogen) atoms. The molecule has 1 aliphatic heterocycles. The molecule has 0 bridgehead atoms. The molecule has 1 fully saturated rings. The zero-order chi connectivity index (χ0) is 17.8. The summed E-state index contributed by atoms with van der Waals surface area (Å²) in [5.41, 5.74) is 4.30. The fourth-order valence-electron chi connectivity index (χ4n) is 3.67. The first kappa shape index (κ1) is 16.6. The molecule has 0 spiro atoms. The van der Waals surface area contributed by atoms with Crippen LogP contribution in [-0.4, -0.2) is 24.0 Å². The lowest BCUT2D eigenvalue weighted by Gasteiger charge is -2.21. The van der Waals surface area contributed by atoms with Gasteiger partial charge in [0.1, 0.15) is 0 Å². The molecule has 0 atom stereocenters. The van der Waals surface area contributed by atoms with Gasteiger partial charge >= 0.3 is 0 Å². The van der Waals surface area contributed by atoms with Crippen LogP contribution in [0.4, 0.5) is 5.69 Å². The summed E-state index contributed by atoms with van der Waals surface area (Å²) < 4.78 is 0. The van der Waals surface area contributed by atoms with Crippen LogP contribution in [0, 0.1) is 0 Å². The number of carbonyl (C=O) groups excluding carboxylic acids is 1. The van der Waals surface area contributed by atoms with E-state index >= 15 is 0 Å².